The van der Waals surface area contributed by atoms with Crippen molar-refractivity contribution in [3.05, 3.63) is 34.9 Å². The third-order valence-corrected chi connectivity index (χ3v) is 5.36. The number of hydrogen-bond donors (Lipinski definition) is 2. The summed E-state index contributed by atoms with van der Waals surface area (Å²) in [6.45, 7) is 0.420. The number of nitrogens with one attached hydrogen (secondary N) is 1. The minimum atomic E-state index is -3.22. The number of carbonyl (C=O) groups is 1. The first-order chi connectivity index (χ1) is 11.4. The van der Waals surface area contributed by atoms with Crippen molar-refractivity contribution < 1.29 is 18.3 Å². The van der Waals surface area contributed by atoms with E-state index in [1.165, 1.54) is 0 Å². The topological polar surface area (TPSA) is 83.5 Å². The van der Waals surface area contributed by atoms with E-state index in [4.69, 9.17) is 16.7 Å². The second-order valence-corrected chi connectivity index (χ2v) is 8.22. The average molecular weight is 376 g/mol. The molecule has 0 radical (unpaired) electrons. The number of sulfonamides is 1. The maximum atomic E-state index is 11.9. The highest BCUT2D eigenvalue weighted by atomic mass is 35.5. The Morgan fingerprint density at radius 2 is 1.83 bits per heavy atom. The zero-order chi connectivity index (χ0) is 17.8. The summed E-state index contributed by atoms with van der Waals surface area (Å²) in [4.78, 5) is 10.4. The van der Waals surface area contributed by atoms with Crippen LogP contribution in [0.1, 0.15) is 50.5 Å². The van der Waals surface area contributed by atoms with E-state index >= 15 is 0 Å². The molecule has 0 atom stereocenters. The summed E-state index contributed by atoms with van der Waals surface area (Å²) in [7, 11) is -3.22. The van der Waals surface area contributed by atoms with Gasteiger partial charge in [-0.1, -0.05) is 36.6 Å². The molecule has 0 aliphatic rings. The van der Waals surface area contributed by atoms with Gasteiger partial charge in [0.25, 0.3) is 0 Å². The second-order valence-electron chi connectivity index (χ2n) is 5.86. The zero-order valence-electron chi connectivity index (χ0n) is 13.8. The molecule has 136 valence electrons. The van der Waals surface area contributed by atoms with Gasteiger partial charge in [-0.15, -0.1) is 0 Å². The molecule has 0 unspecified atom stereocenters. The van der Waals surface area contributed by atoms with Gasteiger partial charge in [0.05, 0.1) is 5.75 Å². The van der Waals surface area contributed by atoms with E-state index in [0.717, 1.165) is 37.7 Å². The second kappa shape index (κ2) is 11.4. The number of benzene rings is 1. The zero-order valence-corrected chi connectivity index (χ0v) is 15.4. The maximum Gasteiger partial charge on any atom is 0.303 e. The Hall–Kier alpha value is -1.11. The predicted molar refractivity (Wildman–Crippen MR) is 96.9 cm³/mol. The lowest BCUT2D eigenvalue weighted by atomic mass is 10.1. The van der Waals surface area contributed by atoms with E-state index in [0.29, 0.717) is 24.4 Å². The first-order valence-electron chi connectivity index (χ1n) is 8.32. The third kappa shape index (κ3) is 10.6. The van der Waals surface area contributed by atoms with Gasteiger partial charge in [-0.3, -0.25) is 4.79 Å². The molecule has 0 bridgehead atoms. The molecule has 1 rings (SSSR count). The molecule has 0 saturated heterocycles. The fourth-order valence-corrected chi connectivity index (χ4v) is 3.77. The number of aliphatic carboxylic acids is 1. The van der Waals surface area contributed by atoms with Gasteiger partial charge in [0.15, 0.2) is 0 Å². The number of carboxylic acids is 1. The van der Waals surface area contributed by atoms with Gasteiger partial charge < -0.3 is 5.11 Å². The van der Waals surface area contributed by atoms with E-state index in [2.05, 4.69) is 4.72 Å². The molecule has 0 aromatic heterocycles. The van der Waals surface area contributed by atoms with Crippen molar-refractivity contribution in [2.75, 3.05) is 12.3 Å². The molecule has 0 heterocycles. The van der Waals surface area contributed by atoms with Gasteiger partial charge in [-0.05, 0) is 49.8 Å². The highest BCUT2D eigenvalue weighted by Crippen LogP contribution is 2.13. The molecule has 0 aliphatic carbocycles. The first kappa shape index (κ1) is 20.9. The molecular formula is C17H26ClNO4S. The number of aryl methyl sites for hydroxylation is 1. The van der Waals surface area contributed by atoms with E-state index in [-0.39, 0.29) is 12.2 Å². The van der Waals surface area contributed by atoms with Gasteiger partial charge in [0.2, 0.25) is 10.0 Å². The van der Waals surface area contributed by atoms with Crippen molar-refractivity contribution in [1.29, 1.82) is 0 Å². The van der Waals surface area contributed by atoms with Gasteiger partial charge >= 0.3 is 5.97 Å². The summed E-state index contributed by atoms with van der Waals surface area (Å²) in [5.41, 5.74) is 1.12. The molecule has 7 heteroatoms. The Balaban J connectivity index is 2.08. The Bertz CT molecular complexity index is 604. The Morgan fingerprint density at radius 3 is 2.54 bits per heavy atom. The molecule has 5 nitrogen and oxygen atoms in total. The summed E-state index contributed by atoms with van der Waals surface area (Å²) in [5.74, 6) is -0.652. The Morgan fingerprint density at radius 1 is 1.08 bits per heavy atom. The molecule has 0 fully saturated rings. The lowest BCUT2D eigenvalue weighted by molar-refractivity contribution is -0.137. The van der Waals surface area contributed by atoms with Crippen LogP contribution in [0.3, 0.4) is 0 Å². The molecule has 0 amide bonds. The van der Waals surface area contributed by atoms with Crippen LogP contribution in [0.4, 0.5) is 0 Å². The number of halogens is 1. The first-order valence-corrected chi connectivity index (χ1v) is 10.4. The standard InChI is InChI=1S/C17H26ClNO4S/c18-16-10-7-9-15(14-16)8-4-6-13-24(22,23)19-12-5-2-1-3-11-17(20)21/h7,9-10,14,19H,1-6,8,11-13H2,(H,20,21). The minimum Gasteiger partial charge on any atom is -0.481 e. The predicted octanol–water partition coefficient (Wildman–Crippen LogP) is 3.62. The fraction of sp³-hybridized carbons (Fsp3) is 0.588. The smallest absolute Gasteiger partial charge is 0.303 e. The van der Waals surface area contributed by atoms with Crippen LogP contribution in [-0.2, 0) is 21.2 Å². The average Bonchev–Trinajstić information content (AvgIpc) is 2.50. The van der Waals surface area contributed by atoms with Crippen LogP contribution in [0.5, 0.6) is 0 Å². The van der Waals surface area contributed by atoms with Crippen LogP contribution in [0, 0.1) is 0 Å². The molecule has 0 spiro atoms. The summed E-state index contributed by atoms with van der Waals surface area (Å²) in [5, 5.41) is 9.21. The summed E-state index contributed by atoms with van der Waals surface area (Å²) in [6.07, 6.45) is 5.44. The number of hydrogen-bond acceptors (Lipinski definition) is 3. The largest absolute Gasteiger partial charge is 0.481 e. The van der Waals surface area contributed by atoms with Gasteiger partial charge in [-0.25, -0.2) is 13.1 Å². The van der Waals surface area contributed by atoms with E-state index in [9.17, 15) is 13.2 Å². The van der Waals surface area contributed by atoms with E-state index in [1.807, 2.05) is 24.3 Å². The van der Waals surface area contributed by atoms with Crippen molar-refractivity contribution in [2.24, 2.45) is 0 Å². The number of carboxylic acid groups (broad SMARTS) is 1. The van der Waals surface area contributed by atoms with Crippen molar-refractivity contribution in [3.8, 4) is 0 Å². The lowest BCUT2D eigenvalue weighted by Crippen LogP contribution is -2.27. The molecule has 0 saturated carbocycles. The van der Waals surface area contributed by atoms with Crippen LogP contribution in [0.25, 0.3) is 0 Å². The normalized spacial score (nSPS) is 11.5. The molecule has 1 aromatic carbocycles. The quantitative estimate of drug-likeness (QED) is 0.516. The van der Waals surface area contributed by atoms with Crippen LogP contribution >= 0.6 is 11.6 Å². The van der Waals surface area contributed by atoms with Crippen LogP contribution in [0.2, 0.25) is 5.02 Å². The van der Waals surface area contributed by atoms with Crippen molar-refractivity contribution in [1.82, 2.24) is 4.72 Å². The SMILES string of the molecule is O=C(O)CCCCCCNS(=O)(=O)CCCCc1cccc(Cl)c1. The molecule has 2 N–H and O–H groups in total. The van der Waals surface area contributed by atoms with Gasteiger partial charge in [0, 0.05) is 18.0 Å². The Labute approximate surface area is 149 Å². The fourth-order valence-electron chi connectivity index (χ4n) is 2.37. The minimum absolute atomic E-state index is 0.132. The van der Waals surface area contributed by atoms with Crippen LogP contribution in [-0.4, -0.2) is 31.8 Å². The van der Waals surface area contributed by atoms with Gasteiger partial charge in [-0.2, -0.15) is 0 Å². The van der Waals surface area contributed by atoms with E-state index in [1.54, 1.807) is 0 Å². The van der Waals surface area contributed by atoms with Crippen LogP contribution in [0.15, 0.2) is 24.3 Å². The number of unbranched alkanes of at least 4 members (excludes halogenated alkanes) is 4. The molecule has 24 heavy (non-hydrogen) atoms. The van der Waals surface area contributed by atoms with Gasteiger partial charge in [0.1, 0.15) is 0 Å². The monoisotopic (exact) mass is 375 g/mol. The number of rotatable bonds is 13. The molecule has 0 aliphatic heterocycles. The highest BCUT2D eigenvalue weighted by molar-refractivity contribution is 7.89. The third-order valence-electron chi connectivity index (χ3n) is 3.66. The Kier molecular flexibility index (Phi) is 9.98. The lowest BCUT2D eigenvalue weighted by Gasteiger charge is -2.07. The molecular weight excluding hydrogens is 350 g/mol. The summed E-state index contributed by atoms with van der Waals surface area (Å²) in [6, 6.07) is 7.61. The van der Waals surface area contributed by atoms with Crippen molar-refractivity contribution in [3.63, 3.8) is 0 Å². The maximum absolute atomic E-state index is 11.9. The summed E-state index contributed by atoms with van der Waals surface area (Å²) < 4.78 is 26.3. The van der Waals surface area contributed by atoms with Crippen LogP contribution < -0.4 is 4.72 Å². The highest BCUT2D eigenvalue weighted by Gasteiger charge is 2.09. The summed E-state index contributed by atoms with van der Waals surface area (Å²) >= 11 is 5.91. The van der Waals surface area contributed by atoms with Crippen molar-refractivity contribution in [2.45, 2.75) is 51.4 Å². The van der Waals surface area contributed by atoms with Crippen molar-refractivity contribution >= 4 is 27.6 Å². The molecule has 1 aromatic rings. The van der Waals surface area contributed by atoms with E-state index < -0.39 is 16.0 Å².